The number of carbonyl (C=O) groups excluding carboxylic acids is 1. The number of hydrazone groups is 1. The number of nitriles is 1. The molecule has 1 atom stereocenters. The van der Waals surface area contributed by atoms with Crippen LogP contribution < -0.4 is 0 Å². The molecular formula is C18H19N7O. The van der Waals surface area contributed by atoms with Gasteiger partial charge in [0.25, 0.3) is 0 Å². The standard InChI is InChI=1S/C18H19N7O/c1-13(12-24-8-6-15(9-19)23-24)3-4-18(26)25-17(5-7-22-25)16-11-20-14(2)10-21-16/h6-8,10-11,17H,1,3-5,12H2,2H3. The number of allylic oxidation sites excluding steroid dienone is 1. The summed E-state index contributed by atoms with van der Waals surface area (Å²) in [5, 5.41) is 18.6. The number of aromatic nitrogens is 4. The Kier molecular flexibility index (Phi) is 5.17. The van der Waals surface area contributed by atoms with Gasteiger partial charge in [-0.1, -0.05) is 12.2 Å². The van der Waals surface area contributed by atoms with Crippen LogP contribution in [0, 0.1) is 18.3 Å². The molecular weight excluding hydrogens is 330 g/mol. The van der Waals surface area contributed by atoms with E-state index in [-0.39, 0.29) is 11.9 Å². The zero-order chi connectivity index (χ0) is 18.5. The molecule has 2 aromatic heterocycles. The van der Waals surface area contributed by atoms with E-state index in [4.69, 9.17) is 5.26 Å². The van der Waals surface area contributed by atoms with Crippen molar-refractivity contribution >= 4 is 12.1 Å². The maximum atomic E-state index is 12.6. The maximum absolute atomic E-state index is 12.6. The highest BCUT2D eigenvalue weighted by Gasteiger charge is 2.29. The van der Waals surface area contributed by atoms with Crippen molar-refractivity contribution in [2.75, 3.05) is 0 Å². The fourth-order valence-corrected chi connectivity index (χ4v) is 2.69. The fraction of sp³-hybridized carbons (Fsp3) is 0.333. The van der Waals surface area contributed by atoms with Crippen LogP contribution in [0.4, 0.5) is 0 Å². The number of aryl methyl sites for hydroxylation is 1. The molecule has 0 spiro atoms. The number of hydrogen-bond acceptors (Lipinski definition) is 6. The predicted molar refractivity (Wildman–Crippen MR) is 94.8 cm³/mol. The van der Waals surface area contributed by atoms with Crippen LogP contribution in [-0.4, -0.2) is 36.9 Å². The van der Waals surface area contributed by atoms with Crippen molar-refractivity contribution in [2.24, 2.45) is 5.10 Å². The van der Waals surface area contributed by atoms with E-state index in [0.717, 1.165) is 17.0 Å². The molecule has 3 heterocycles. The first kappa shape index (κ1) is 17.5. The molecule has 0 N–H and O–H groups in total. The minimum absolute atomic E-state index is 0.0783. The summed E-state index contributed by atoms with van der Waals surface area (Å²) in [6, 6.07) is 3.43. The summed E-state index contributed by atoms with van der Waals surface area (Å²) in [6.07, 6.45) is 8.30. The molecule has 1 aliphatic heterocycles. The zero-order valence-electron chi connectivity index (χ0n) is 14.5. The van der Waals surface area contributed by atoms with Crippen LogP contribution in [0.1, 0.15) is 42.4 Å². The molecule has 1 amide bonds. The van der Waals surface area contributed by atoms with Gasteiger partial charge in [0.2, 0.25) is 5.91 Å². The highest BCUT2D eigenvalue weighted by Crippen LogP contribution is 2.27. The van der Waals surface area contributed by atoms with Crippen LogP contribution in [0.15, 0.2) is 41.9 Å². The lowest BCUT2D eigenvalue weighted by Gasteiger charge is -2.21. The average Bonchev–Trinajstić information content (AvgIpc) is 3.29. The monoisotopic (exact) mass is 349 g/mol. The Morgan fingerprint density at radius 3 is 2.92 bits per heavy atom. The second-order valence-corrected chi connectivity index (χ2v) is 6.13. The molecule has 0 saturated carbocycles. The molecule has 132 valence electrons. The quantitative estimate of drug-likeness (QED) is 0.744. The topological polar surface area (TPSA) is 100 Å². The smallest absolute Gasteiger partial charge is 0.243 e. The maximum Gasteiger partial charge on any atom is 0.243 e. The second-order valence-electron chi connectivity index (χ2n) is 6.13. The molecule has 26 heavy (non-hydrogen) atoms. The molecule has 8 heteroatoms. The van der Waals surface area contributed by atoms with E-state index in [9.17, 15) is 4.79 Å². The Bertz CT molecular complexity index is 876. The molecule has 2 aromatic rings. The average molecular weight is 349 g/mol. The van der Waals surface area contributed by atoms with Gasteiger partial charge in [0.1, 0.15) is 12.1 Å². The molecule has 1 aliphatic rings. The third kappa shape index (κ3) is 4.00. The minimum atomic E-state index is -0.201. The summed E-state index contributed by atoms with van der Waals surface area (Å²) in [6.45, 7) is 6.34. The minimum Gasteiger partial charge on any atom is -0.273 e. The number of amides is 1. The Morgan fingerprint density at radius 1 is 1.38 bits per heavy atom. The van der Waals surface area contributed by atoms with E-state index >= 15 is 0 Å². The summed E-state index contributed by atoms with van der Waals surface area (Å²) in [5.41, 5.74) is 2.80. The first-order valence-electron chi connectivity index (χ1n) is 8.30. The summed E-state index contributed by atoms with van der Waals surface area (Å²) in [5.74, 6) is -0.0783. The van der Waals surface area contributed by atoms with Gasteiger partial charge < -0.3 is 0 Å². The van der Waals surface area contributed by atoms with Crippen LogP contribution >= 0.6 is 0 Å². The van der Waals surface area contributed by atoms with E-state index in [1.807, 2.05) is 13.0 Å². The molecule has 1 unspecified atom stereocenters. The molecule has 0 aliphatic carbocycles. The van der Waals surface area contributed by atoms with Crippen LogP contribution in [0.25, 0.3) is 0 Å². The molecule has 0 aromatic carbocycles. The Labute approximate surface area is 151 Å². The third-order valence-electron chi connectivity index (χ3n) is 4.06. The van der Waals surface area contributed by atoms with Crippen LogP contribution in [0.3, 0.4) is 0 Å². The van der Waals surface area contributed by atoms with E-state index in [1.165, 1.54) is 5.01 Å². The first-order valence-corrected chi connectivity index (χ1v) is 8.30. The molecule has 0 bridgehead atoms. The van der Waals surface area contributed by atoms with Gasteiger partial charge in [-0.25, -0.2) is 5.01 Å². The second kappa shape index (κ2) is 7.70. The van der Waals surface area contributed by atoms with Gasteiger partial charge in [-0.15, -0.1) is 0 Å². The molecule has 8 nitrogen and oxygen atoms in total. The van der Waals surface area contributed by atoms with Gasteiger partial charge in [-0.3, -0.25) is 19.4 Å². The van der Waals surface area contributed by atoms with Gasteiger partial charge in [0, 0.05) is 31.4 Å². The Morgan fingerprint density at radius 2 is 2.23 bits per heavy atom. The number of rotatable bonds is 6. The number of carbonyl (C=O) groups is 1. The predicted octanol–water partition coefficient (Wildman–Crippen LogP) is 2.15. The van der Waals surface area contributed by atoms with Crippen molar-refractivity contribution in [3.05, 3.63) is 53.9 Å². The Hall–Kier alpha value is -3.34. The van der Waals surface area contributed by atoms with E-state index in [2.05, 4.69) is 26.7 Å². The van der Waals surface area contributed by atoms with Gasteiger partial charge >= 0.3 is 0 Å². The van der Waals surface area contributed by atoms with Gasteiger partial charge in [0.05, 0.1) is 24.1 Å². The highest BCUT2D eigenvalue weighted by atomic mass is 16.2. The highest BCUT2D eigenvalue weighted by molar-refractivity contribution is 5.79. The van der Waals surface area contributed by atoms with Crippen molar-refractivity contribution in [2.45, 2.75) is 38.8 Å². The number of nitrogens with zero attached hydrogens (tertiary/aromatic N) is 7. The normalized spacial score (nSPS) is 15.8. The SMILES string of the molecule is C=C(CCC(=O)N1N=CCC1c1cnc(C)cn1)Cn1ccc(C#N)n1. The molecule has 0 fully saturated rings. The van der Waals surface area contributed by atoms with Crippen molar-refractivity contribution in [3.8, 4) is 6.07 Å². The summed E-state index contributed by atoms with van der Waals surface area (Å²) in [7, 11) is 0. The first-order chi connectivity index (χ1) is 12.6. The third-order valence-corrected chi connectivity index (χ3v) is 4.06. The lowest BCUT2D eigenvalue weighted by Crippen LogP contribution is -2.27. The molecule has 0 saturated heterocycles. The van der Waals surface area contributed by atoms with E-state index in [0.29, 0.717) is 31.5 Å². The number of hydrogen-bond donors (Lipinski definition) is 0. The van der Waals surface area contributed by atoms with Crippen LogP contribution in [0.2, 0.25) is 0 Å². The van der Waals surface area contributed by atoms with Crippen molar-refractivity contribution in [1.82, 2.24) is 24.8 Å². The van der Waals surface area contributed by atoms with Gasteiger partial charge in [0.15, 0.2) is 5.69 Å². The lowest BCUT2D eigenvalue weighted by atomic mass is 10.1. The van der Waals surface area contributed by atoms with Crippen LogP contribution in [0.5, 0.6) is 0 Å². The van der Waals surface area contributed by atoms with Gasteiger partial charge in [-0.2, -0.15) is 15.5 Å². The molecule has 3 rings (SSSR count). The summed E-state index contributed by atoms with van der Waals surface area (Å²) in [4.78, 5) is 21.2. The van der Waals surface area contributed by atoms with Crippen molar-refractivity contribution < 1.29 is 4.79 Å². The Balaban J connectivity index is 1.55. The summed E-state index contributed by atoms with van der Waals surface area (Å²) >= 11 is 0. The summed E-state index contributed by atoms with van der Waals surface area (Å²) < 4.78 is 1.64. The van der Waals surface area contributed by atoms with E-state index in [1.54, 1.807) is 35.6 Å². The largest absolute Gasteiger partial charge is 0.273 e. The van der Waals surface area contributed by atoms with Crippen molar-refractivity contribution in [1.29, 1.82) is 5.26 Å². The van der Waals surface area contributed by atoms with Crippen molar-refractivity contribution in [3.63, 3.8) is 0 Å². The fourth-order valence-electron chi connectivity index (χ4n) is 2.69. The van der Waals surface area contributed by atoms with E-state index < -0.39 is 0 Å². The lowest BCUT2D eigenvalue weighted by molar-refractivity contribution is -0.133. The molecule has 0 radical (unpaired) electrons. The van der Waals surface area contributed by atoms with Gasteiger partial charge in [-0.05, 0) is 19.4 Å². The zero-order valence-corrected chi connectivity index (χ0v) is 14.5. The van der Waals surface area contributed by atoms with Crippen LogP contribution in [-0.2, 0) is 11.3 Å².